The second kappa shape index (κ2) is 4.21. The molecule has 2 atom stereocenters. The average molecular weight is 174 g/mol. The Morgan fingerprint density at radius 2 is 2.42 bits per heavy atom. The van der Waals surface area contributed by atoms with Crippen molar-refractivity contribution in [2.75, 3.05) is 26.4 Å². The summed E-state index contributed by atoms with van der Waals surface area (Å²) in [5.74, 6) is 0.240. The molecule has 0 radical (unpaired) electrons. The highest BCUT2D eigenvalue weighted by atomic mass is 16.5. The van der Waals surface area contributed by atoms with Gasteiger partial charge >= 0.3 is 0 Å². The first kappa shape index (κ1) is 9.96. The van der Waals surface area contributed by atoms with Crippen LogP contribution in [-0.2, 0) is 9.47 Å². The Morgan fingerprint density at radius 3 is 2.92 bits per heavy atom. The van der Waals surface area contributed by atoms with Crippen LogP contribution in [0, 0.1) is 5.92 Å². The van der Waals surface area contributed by atoms with Crippen LogP contribution in [0.5, 0.6) is 0 Å². The van der Waals surface area contributed by atoms with Crippen LogP contribution in [-0.4, -0.2) is 37.1 Å². The molecule has 1 aliphatic rings. The van der Waals surface area contributed by atoms with Crippen molar-refractivity contribution in [1.82, 2.24) is 0 Å². The normalized spacial score (nSPS) is 28.8. The van der Waals surface area contributed by atoms with Crippen molar-refractivity contribution in [2.45, 2.75) is 25.9 Å². The molecule has 72 valence electrons. The monoisotopic (exact) mass is 174 g/mol. The van der Waals surface area contributed by atoms with Gasteiger partial charge in [-0.15, -0.1) is 0 Å². The fraction of sp³-hybridized carbons (Fsp3) is 1.00. The van der Waals surface area contributed by atoms with Crippen LogP contribution in [0.15, 0.2) is 0 Å². The standard InChI is InChI=1S/C9H18O3/c1-3-11-7-9(2,10)8-4-5-12-6-8/h8,10H,3-7H2,1-2H3. The number of hydrogen-bond donors (Lipinski definition) is 1. The molecule has 1 heterocycles. The van der Waals surface area contributed by atoms with E-state index in [0.717, 1.165) is 13.0 Å². The van der Waals surface area contributed by atoms with Gasteiger partial charge in [0.1, 0.15) is 0 Å². The van der Waals surface area contributed by atoms with Crippen molar-refractivity contribution in [3.8, 4) is 0 Å². The fourth-order valence-electron chi connectivity index (χ4n) is 1.45. The van der Waals surface area contributed by atoms with Gasteiger partial charge < -0.3 is 14.6 Å². The first-order valence-corrected chi connectivity index (χ1v) is 4.54. The average Bonchev–Trinajstić information content (AvgIpc) is 2.53. The van der Waals surface area contributed by atoms with Gasteiger partial charge in [-0.05, 0) is 20.3 Å². The first-order chi connectivity index (χ1) is 5.67. The zero-order chi connectivity index (χ0) is 9.03. The summed E-state index contributed by atoms with van der Waals surface area (Å²) >= 11 is 0. The Morgan fingerprint density at radius 1 is 1.67 bits per heavy atom. The topological polar surface area (TPSA) is 38.7 Å². The van der Waals surface area contributed by atoms with E-state index < -0.39 is 5.60 Å². The van der Waals surface area contributed by atoms with Crippen molar-refractivity contribution in [1.29, 1.82) is 0 Å². The van der Waals surface area contributed by atoms with E-state index in [2.05, 4.69) is 0 Å². The van der Waals surface area contributed by atoms with Crippen LogP contribution in [0.2, 0.25) is 0 Å². The maximum absolute atomic E-state index is 9.94. The molecule has 0 aromatic heterocycles. The summed E-state index contributed by atoms with van der Waals surface area (Å²) in [6.45, 7) is 6.26. The summed E-state index contributed by atoms with van der Waals surface area (Å²) in [6, 6.07) is 0. The second-order valence-corrected chi connectivity index (χ2v) is 3.55. The van der Waals surface area contributed by atoms with Crippen molar-refractivity contribution in [3.63, 3.8) is 0 Å². The first-order valence-electron chi connectivity index (χ1n) is 4.54. The van der Waals surface area contributed by atoms with E-state index in [0.29, 0.717) is 19.8 Å². The predicted molar refractivity (Wildman–Crippen MR) is 46.0 cm³/mol. The van der Waals surface area contributed by atoms with Gasteiger partial charge in [-0.25, -0.2) is 0 Å². The number of aliphatic hydroxyl groups is 1. The van der Waals surface area contributed by atoms with Crippen LogP contribution in [0.3, 0.4) is 0 Å². The Kier molecular flexibility index (Phi) is 3.50. The Balaban J connectivity index is 2.34. The molecule has 2 unspecified atom stereocenters. The molecule has 3 nitrogen and oxygen atoms in total. The molecule has 0 bridgehead atoms. The van der Waals surface area contributed by atoms with E-state index in [1.807, 2.05) is 13.8 Å². The molecular weight excluding hydrogens is 156 g/mol. The summed E-state index contributed by atoms with van der Waals surface area (Å²) < 4.78 is 10.4. The van der Waals surface area contributed by atoms with Crippen LogP contribution in [0.1, 0.15) is 20.3 Å². The number of rotatable bonds is 4. The van der Waals surface area contributed by atoms with E-state index in [9.17, 15) is 5.11 Å². The van der Waals surface area contributed by atoms with E-state index >= 15 is 0 Å². The molecule has 3 heteroatoms. The molecule has 1 saturated heterocycles. The minimum Gasteiger partial charge on any atom is -0.387 e. The molecule has 12 heavy (non-hydrogen) atoms. The molecular formula is C9H18O3. The van der Waals surface area contributed by atoms with Gasteiger partial charge in [0.25, 0.3) is 0 Å². The third-order valence-corrected chi connectivity index (χ3v) is 2.41. The van der Waals surface area contributed by atoms with E-state index in [4.69, 9.17) is 9.47 Å². The summed E-state index contributed by atoms with van der Waals surface area (Å²) in [5, 5.41) is 9.94. The Bertz CT molecular complexity index is 128. The van der Waals surface area contributed by atoms with Gasteiger partial charge in [0.2, 0.25) is 0 Å². The molecule has 0 aromatic carbocycles. The van der Waals surface area contributed by atoms with Gasteiger partial charge in [-0.1, -0.05) is 0 Å². The Labute approximate surface area is 73.7 Å². The smallest absolute Gasteiger partial charge is 0.0902 e. The van der Waals surface area contributed by atoms with Crippen LogP contribution >= 0.6 is 0 Å². The molecule has 0 saturated carbocycles. The molecule has 1 aliphatic heterocycles. The SMILES string of the molecule is CCOCC(C)(O)C1CCOC1. The van der Waals surface area contributed by atoms with Crippen molar-refractivity contribution >= 4 is 0 Å². The zero-order valence-electron chi connectivity index (χ0n) is 7.88. The quantitative estimate of drug-likeness (QED) is 0.685. The summed E-state index contributed by atoms with van der Waals surface area (Å²) in [6.07, 6.45) is 0.945. The zero-order valence-corrected chi connectivity index (χ0v) is 7.88. The minimum atomic E-state index is -0.716. The number of ether oxygens (including phenoxy) is 2. The van der Waals surface area contributed by atoms with Gasteiger partial charge in [0, 0.05) is 19.1 Å². The lowest BCUT2D eigenvalue weighted by molar-refractivity contribution is -0.0705. The highest BCUT2D eigenvalue weighted by Crippen LogP contribution is 2.25. The maximum Gasteiger partial charge on any atom is 0.0902 e. The largest absolute Gasteiger partial charge is 0.387 e. The molecule has 0 spiro atoms. The predicted octanol–water partition coefficient (Wildman–Crippen LogP) is 0.810. The fourth-order valence-corrected chi connectivity index (χ4v) is 1.45. The Hall–Kier alpha value is -0.120. The van der Waals surface area contributed by atoms with Crippen LogP contribution in [0.4, 0.5) is 0 Å². The van der Waals surface area contributed by atoms with Crippen LogP contribution < -0.4 is 0 Å². The second-order valence-electron chi connectivity index (χ2n) is 3.55. The third kappa shape index (κ3) is 2.44. The van der Waals surface area contributed by atoms with Gasteiger partial charge in [0.15, 0.2) is 0 Å². The lowest BCUT2D eigenvalue weighted by Crippen LogP contribution is -2.39. The van der Waals surface area contributed by atoms with Crippen molar-refractivity contribution < 1.29 is 14.6 Å². The molecule has 0 aliphatic carbocycles. The van der Waals surface area contributed by atoms with E-state index in [1.54, 1.807) is 0 Å². The number of hydrogen-bond acceptors (Lipinski definition) is 3. The lowest BCUT2D eigenvalue weighted by atomic mass is 9.89. The highest BCUT2D eigenvalue weighted by Gasteiger charge is 2.34. The minimum absolute atomic E-state index is 0.240. The van der Waals surface area contributed by atoms with E-state index in [-0.39, 0.29) is 5.92 Å². The summed E-state index contributed by atoms with van der Waals surface area (Å²) in [7, 11) is 0. The molecule has 1 fully saturated rings. The van der Waals surface area contributed by atoms with E-state index in [1.165, 1.54) is 0 Å². The molecule has 1 rings (SSSR count). The maximum atomic E-state index is 9.94. The van der Waals surface area contributed by atoms with Gasteiger partial charge in [-0.3, -0.25) is 0 Å². The third-order valence-electron chi connectivity index (χ3n) is 2.41. The molecule has 1 N–H and O–H groups in total. The summed E-state index contributed by atoms with van der Waals surface area (Å²) in [4.78, 5) is 0. The van der Waals surface area contributed by atoms with Crippen LogP contribution in [0.25, 0.3) is 0 Å². The molecule has 0 amide bonds. The summed E-state index contributed by atoms with van der Waals surface area (Å²) in [5.41, 5.74) is -0.716. The highest BCUT2D eigenvalue weighted by molar-refractivity contribution is 4.84. The molecule has 0 aromatic rings. The van der Waals surface area contributed by atoms with Crippen molar-refractivity contribution in [2.24, 2.45) is 5.92 Å². The van der Waals surface area contributed by atoms with Crippen molar-refractivity contribution in [3.05, 3.63) is 0 Å². The van der Waals surface area contributed by atoms with Gasteiger partial charge in [0.05, 0.1) is 18.8 Å². The van der Waals surface area contributed by atoms with Gasteiger partial charge in [-0.2, -0.15) is 0 Å². The lowest BCUT2D eigenvalue weighted by Gasteiger charge is -2.28.